The molecule has 7 nitrogen and oxygen atoms in total. The Morgan fingerprint density at radius 3 is 2.54 bits per heavy atom. The van der Waals surface area contributed by atoms with E-state index in [2.05, 4.69) is 4.98 Å². The maximum atomic E-state index is 13.9. The molecule has 0 spiro atoms. The molecular weight excluding hydrogens is 453 g/mol. The normalized spacial score (nSPS) is 12.1. The maximum absolute atomic E-state index is 13.9. The Balaban J connectivity index is 2.30. The SMILES string of the molecule is COc1ccc(F)c(S(=O)(=O)NC(=O)c2nc(Cl)n(CCC(F)(F)F)c2Cl)c1. The predicted octanol–water partition coefficient (Wildman–Crippen LogP) is 3.41. The second-order valence-electron chi connectivity index (χ2n) is 5.27. The van der Waals surface area contributed by atoms with Gasteiger partial charge in [-0.25, -0.2) is 22.5 Å². The van der Waals surface area contributed by atoms with Gasteiger partial charge in [-0.15, -0.1) is 0 Å². The lowest BCUT2D eigenvalue weighted by Gasteiger charge is -2.09. The van der Waals surface area contributed by atoms with Crippen LogP contribution in [0.5, 0.6) is 5.75 Å². The number of imidazole rings is 1. The van der Waals surface area contributed by atoms with Gasteiger partial charge in [0.2, 0.25) is 5.28 Å². The summed E-state index contributed by atoms with van der Waals surface area (Å²) < 4.78 is 82.5. The number of ether oxygens (including phenoxy) is 1. The monoisotopic (exact) mass is 463 g/mol. The van der Waals surface area contributed by atoms with Crippen molar-refractivity contribution < 1.29 is 35.5 Å². The summed E-state index contributed by atoms with van der Waals surface area (Å²) in [6.45, 7) is -0.737. The van der Waals surface area contributed by atoms with Gasteiger partial charge in [0.1, 0.15) is 21.6 Å². The van der Waals surface area contributed by atoms with Gasteiger partial charge in [-0.05, 0) is 23.7 Å². The zero-order valence-corrected chi connectivity index (χ0v) is 16.2. The number of nitrogens with zero attached hydrogens (tertiary/aromatic N) is 2. The highest BCUT2D eigenvalue weighted by Gasteiger charge is 2.30. The smallest absolute Gasteiger partial charge is 0.390 e. The lowest BCUT2D eigenvalue weighted by molar-refractivity contribution is -0.136. The van der Waals surface area contributed by atoms with Crippen molar-refractivity contribution in [1.29, 1.82) is 0 Å². The van der Waals surface area contributed by atoms with E-state index < -0.39 is 61.9 Å². The van der Waals surface area contributed by atoms with E-state index in [0.717, 1.165) is 18.2 Å². The van der Waals surface area contributed by atoms with Crippen LogP contribution in [0.25, 0.3) is 0 Å². The van der Waals surface area contributed by atoms with E-state index in [-0.39, 0.29) is 5.75 Å². The third-order valence-electron chi connectivity index (χ3n) is 3.35. The third-order valence-corrected chi connectivity index (χ3v) is 5.37. The molecule has 14 heteroatoms. The van der Waals surface area contributed by atoms with Gasteiger partial charge in [0.15, 0.2) is 5.69 Å². The van der Waals surface area contributed by atoms with Gasteiger partial charge in [0.25, 0.3) is 15.9 Å². The van der Waals surface area contributed by atoms with Crippen LogP contribution in [0.3, 0.4) is 0 Å². The van der Waals surface area contributed by atoms with Crippen molar-refractivity contribution in [3.63, 3.8) is 0 Å². The molecule has 2 aromatic rings. The number of alkyl halides is 3. The number of methoxy groups -OCH3 is 1. The van der Waals surface area contributed by atoms with Gasteiger partial charge >= 0.3 is 6.18 Å². The van der Waals surface area contributed by atoms with Crippen molar-refractivity contribution >= 4 is 39.1 Å². The maximum Gasteiger partial charge on any atom is 0.390 e. The molecule has 0 atom stereocenters. The lowest BCUT2D eigenvalue weighted by atomic mass is 10.3. The van der Waals surface area contributed by atoms with E-state index in [1.807, 2.05) is 0 Å². The van der Waals surface area contributed by atoms with Gasteiger partial charge in [-0.3, -0.25) is 4.79 Å². The van der Waals surface area contributed by atoms with E-state index in [4.69, 9.17) is 27.9 Å². The molecule has 0 saturated carbocycles. The minimum Gasteiger partial charge on any atom is -0.497 e. The average Bonchev–Trinajstić information content (AvgIpc) is 2.86. The standard InChI is InChI=1S/C14H11Cl2F4N3O4S/c1-27-7-2-3-8(17)9(6-7)28(25,26)22-12(24)10-11(15)23(13(16)21-10)5-4-14(18,19)20/h2-3,6H,4-5H2,1H3,(H,22,24). The summed E-state index contributed by atoms with van der Waals surface area (Å²) in [5, 5.41) is -1.16. The first-order chi connectivity index (χ1) is 12.9. The molecule has 0 aliphatic rings. The number of nitrogens with one attached hydrogen (secondary N) is 1. The summed E-state index contributed by atoms with van der Waals surface area (Å²) in [6.07, 6.45) is -5.83. The van der Waals surface area contributed by atoms with Crippen molar-refractivity contribution in [2.24, 2.45) is 0 Å². The van der Waals surface area contributed by atoms with Crippen LogP contribution in [0.4, 0.5) is 17.6 Å². The molecular formula is C14H11Cl2F4N3O4S. The molecule has 1 aromatic carbocycles. The summed E-state index contributed by atoms with van der Waals surface area (Å²) in [5.41, 5.74) is -0.735. The molecule has 28 heavy (non-hydrogen) atoms. The fourth-order valence-electron chi connectivity index (χ4n) is 2.02. The average molecular weight is 464 g/mol. The van der Waals surface area contributed by atoms with Crippen LogP contribution in [-0.4, -0.2) is 37.2 Å². The minimum absolute atomic E-state index is 0.00623. The molecule has 0 saturated heterocycles. The summed E-state index contributed by atoms with van der Waals surface area (Å²) in [7, 11) is -3.49. The summed E-state index contributed by atoms with van der Waals surface area (Å²) >= 11 is 11.5. The van der Waals surface area contributed by atoms with Crippen molar-refractivity contribution in [2.75, 3.05) is 7.11 Å². The van der Waals surface area contributed by atoms with Gasteiger partial charge in [0, 0.05) is 12.6 Å². The highest BCUT2D eigenvalue weighted by molar-refractivity contribution is 7.90. The first-order valence-electron chi connectivity index (χ1n) is 7.24. The van der Waals surface area contributed by atoms with E-state index in [0.29, 0.717) is 4.57 Å². The van der Waals surface area contributed by atoms with Crippen molar-refractivity contribution in [1.82, 2.24) is 14.3 Å². The molecule has 0 aliphatic carbocycles. The summed E-state index contributed by atoms with van der Waals surface area (Å²) in [4.78, 5) is 14.8. The minimum atomic E-state index is -4.71. The molecule has 0 unspecified atom stereocenters. The van der Waals surface area contributed by atoms with Crippen molar-refractivity contribution in [3.05, 3.63) is 40.1 Å². The first-order valence-corrected chi connectivity index (χ1v) is 9.48. The van der Waals surface area contributed by atoms with Crippen LogP contribution in [0, 0.1) is 5.82 Å². The second-order valence-corrected chi connectivity index (χ2v) is 7.61. The molecule has 0 bridgehead atoms. The van der Waals surface area contributed by atoms with E-state index >= 15 is 0 Å². The largest absolute Gasteiger partial charge is 0.497 e. The second kappa shape index (κ2) is 8.13. The Bertz CT molecular complexity index is 1010. The van der Waals surface area contributed by atoms with Gasteiger partial charge in [-0.2, -0.15) is 13.2 Å². The Kier molecular flexibility index (Phi) is 6.46. The molecule has 154 valence electrons. The lowest BCUT2D eigenvalue weighted by Crippen LogP contribution is -2.31. The number of carbonyl (C=O) groups excluding carboxylic acids is 1. The number of aromatic nitrogens is 2. The number of sulfonamides is 1. The highest BCUT2D eigenvalue weighted by Crippen LogP contribution is 2.27. The number of rotatable bonds is 6. The molecule has 1 N–H and O–H groups in total. The van der Waals surface area contributed by atoms with E-state index in [1.165, 1.54) is 11.8 Å². The van der Waals surface area contributed by atoms with Gasteiger partial charge in [0.05, 0.1) is 13.5 Å². The van der Waals surface area contributed by atoms with Crippen LogP contribution in [-0.2, 0) is 16.6 Å². The predicted molar refractivity (Wildman–Crippen MR) is 90.5 cm³/mol. The van der Waals surface area contributed by atoms with Crippen molar-refractivity contribution in [2.45, 2.75) is 24.0 Å². The molecule has 1 aromatic heterocycles. The quantitative estimate of drug-likeness (QED) is 0.662. The summed E-state index contributed by atoms with van der Waals surface area (Å²) in [5.74, 6) is -2.56. The summed E-state index contributed by atoms with van der Waals surface area (Å²) in [6, 6.07) is 2.81. The topological polar surface area (TPSA) is 90.3 Å². The van der Waals surface area contributed by atoms with Crippen LogP contribution >= 0.6 is 23.2 Å². The first kappa shape index (κ1) is 22.2. The van der Waals surface area contributed by atoms with Crippen LogP contribution in [0.1, 0.15) is 16.9 Å². The number of carbonyl (C=O) groups is 1. The molecule has 2 rings (SSSR count). The van der Waals surface area contributed by atoms with Crippen LogP contribution in [0.2, 0.25) is 10.4 Å². The zero-order chi connectivity index (χ0) is 21.3. The van der Waals surface area contributed by atoms with Crippen LogP contribution < -0.4 is 9.46 Å². The Morgan fingerprint density at radius 2 is 1.96 bits per heavy atom. The molecule has 1 amide bonds. The fraction of sp³-hybridized carbons (Fsp3) is 0.286. The molecule has 0 fully saturated rings. The Hall–Kier alpha value is -2.05. The van der Waals surface area contributed by atoms with Crippen LogP contribution in [0.15, 0.2) is 23.1 Å². The van der Waals surface area contributed by atoms with E-state index in [1.54, 1.807) is 0 Å². The Labute approximate surface area is 166 Å². The van der Waals surface area contributed by atoms with E-state index in [9.17, 15) is 30.8 Å². The zero-order valence-electron chi connectivity index (χ0n) is 13.8. The van der Waals surface area contributed by atoms with Gasteiger partial charge in [-0.1, -0.05) is 11.6 Å². The number of hydrogen-bond acceptors (Lipinski definition) is 5. The molecule has 0 aliphatic heterocycles. The van der Waals surface area contributed by atoms with Crippen molar-refractivity contribution in [3.8, 4) is 5.75 Å². The van der Waals surface area contributed by atoms with Gasteiger partial charge < -0.3 is 9.30 Å². The number of halogens is 6. The Morgan fingerprint density at radius 1 is 1.32 bits per heavy atom. The molecule has 0 radical (unpaired) electrons. The highest BCUT2D eigenvalue weighted by atomic mass is 35.5. The fourth-order valence-corrected chi connectivity index (χ4v) is 3.66. The third kappa shape index (κ3) is 5.06. The number of amides is 1. The number of hydrogen-bond donors (Lipinski definition) is 1. The number of benzene rings is 1. The molecule has 1 heterocycles.